The van der Waals surface area contributed by atoms with Crippen LogP contribution in [0.4, 0.5) is 5.69 Å². The van der Waals surface area contributed by atoms with Crippen molar-refractivity contribution < 1.29 is 24.4 Å². The van der Waals surface area contributed by atoms with E-state index in [4.69, 9.17) is 39.1 Å². The highest BCUT2D eigenvalue weighted by Crippen LogP contribution is 2.61. The summed E-state index contributed by atoms with van der Waals surface area (Å²) in [6.07, 6.45) is -0.806. The number of hydrogen-bond acceptors (Lipinski definition) is 5. The summed E-state index contributed by atoms with van der Waals surface area (Å²) >= 11 is 32.5. The molecule has 3 aromatic rings. The molecule has 0 saturated carbocycles. The summed E-state index contributed by atoms with van der Waals surface area (Å²) in [7, 11) is 0. The molecule has 0 bridgehead atoms. The lowest BCUT2D eigenvalue weighted by Crippen LogP contribution is -2.03. The van der Waals surface area contributed by atoms with Gasteiger partial charge in [-0.25, -0.2) is 4.98 Å². The first-order valence-electron chi connectivity index (χ1n) is 8.97. The van der Waals surface area contributed by atoms with Crippen LogP contribution in [0.5, 0.6) is 0 Å². The molecule has 3 rings (SSSR count). The lowest BCUT2D eigenvalue weighted by Gasteiger charge is -2.05. The Bertz CT molecular complexity index is 1220. The summed E-state index contributed by atoms with van der Waals surface area (Å²) < 4.78 is 11.4. The van der Waals surface area contributed by atoms with Crippen molar-refractivity contribution >= 4 is 123 Å². The highest BCUT2D eigenvalue weighted by molar-refractivity contribution is 9.11. The molecule has 7 nitrogen and oxygen atoms in total. The van der Waals surface area contributed by atoms with Gasteiger partial charge in [-0.15, -0.1) is 0 Å². The molecule has 0 amide bonds. The van der Waals surface area contributed by atoms with Gasteiger partial charge in [-0.3, -0.25) is 14.2 Å². The van der Waals surface area contributed by atoms with E-state index in [9.17, 15) is 14.2 Å². The predicted octanol–water partition coefficient (Wildman–Crippen LogP) is 9.31. The fraction of sp³-hybridized carbons (Fsp3) is 0.150. The first kappa shape index (κ1) is 34.2. The molecule has 0 radical (unpaired) electrons. The van der Waals surface area contributed by atoms with Crippen LogP contribution in [-0.4, -0.2) is 27.1 Å². The number of pyridine rings is 1. The molecule has 0 atom stereocenters. The summed E-state index contributed by atoms with van der Waals surface area (Å²) in [5, 5.41) is 14.2. The van der Waals surface area contributed by atoms with Crippen LogP contribution in [0.1, 0.15) is 17.5 Å². The van der Waals surface area contributed by atoms with Crippen molar-refractivity contribution in [3.8, 4) is 0 Å². The van der Waals surface area contributed by atoms with Crippen molar-refractivity contribution in [2.75, 3.05) is 5.73 Å². The Morgan fingerprint density at radius 3 is 1.86 bits per heavy atom. The number of carbonyl (C=O) groups is 2. The minimum Gasteiger partial charge on any atom is -0.481 e. The monoisotopic (exact) mass is 730 g/mol. The maximum Gasteiger partial charge on any atom is 0.339 e. The number of aryl methyl sites for hydroxylation is 2. The minimum atomic E-state index is -3.22. The van der Waals surface area contributed by atoms with Gasteiger partial charge in [0, 0.05) is 20.0 Å². The van der Waals surface area contributed by atoms with Gasteiger partial charge in [0.1, 0.15) is 11.6 Å². The van der Waals surface area contributed by atoms with Gasteiger partial charge in [-0.05, 0) is 115 Å². The Kier molecular flexibility index (Phi) is 15.8. The Morgan fingerprint density at radius 1 is 0.971 bits per heavy atom. The van der Waals surface area contributed by atoms with E-state index in [-0.39, 0.29) is 0 Å². The summed E-state index contributed by atoms with van der Waals surface area (Å²) in [5.74, 6) is -2.62. The fourth-order valence-corrected chi connectivity index (χ4v) is 3.44. The maximum absolute atomic E-state index is 9.51. The van der Waals surface area contributed by atoms with E-state index >= 15 is 0 Å². The van der Waals surface area contributed by atoms with Gasteiger partial charge in [0.15, 0.2) is 0 Å². The number of nitrogen functional groups attached to an aromatic ring is 1. The van der Waals surface area contributed by atoms with Gasteiger partial charge in [0.2, 0.25) is 0 Å². The molecule has 1 aromatic heterocycles. The van der Waals surface area contributed by atoms with E-state index in [2.05, 4.69) is 70.6 Å². The van der Waals surface area contributed by atoms with Crippen LogP contribution in [0.3, 0.4) is 0 Å². The number of benzene rings is 2. The van der Waals surface area contributed by atoms with Crippen molar-refractivity contribution in [1.82, 2.24) is 4.98 Å². The van der Waals surface area contributed by atoms with Crippen LogP contribution in [-0.2, 0) is 14.2 Å². The average Bonchev–Trinajstić information content (AvgIpc) is 2.66. The predicted molar refractivity (Wildman–Crippen MR) is 153 cm³/mol. The zero-order chi connectivity index (χ0) is 27.5. The Morgan fingerprint density at radius 2 is 1.46 bits per heavy atom. The number of fused-ring (bicyclic) bond motifs is 1. The van der Waals surface area contributed by atoms with Crippen LogP contribution < -0.4 is 5.73 Å². The van der Waals surface area contributed by atoms with Crippen molar-refractivity contribution in [3.05, 3.63) is 66.6 Å². The number of anilines is 1. The Labute approximate surface area is 242 Å². The zero-order valence-electron chi connectivity index (χ0n) is 17.9. The van der Waals surface area contributed by atoms with Crippen molar-refractivity contribution in [1.29, 1.82) is 0 Å². The maximum atomic E-state index is 9.51. The van der Waals surface area contributed by atoms with Crippen molar-refractivity contribution in [3.63, 3.8) is 0 Å². The Balaban J connectivity index is 0.000000479. The second-order valence-electron chi connectivity index (χ2n) is 6.40. The quantitative estimate of drug-likeness (QED) is 0.104. The molecule has 0 aliphatic rings. The van der Waals surface area contributed by atoms with Gasteiger partial charge in [-0.1, -0.05) is 35.3 Å². The van der Waals surface area contributed by atoms with E-state index in [0.717, 1.165) is 31.1 Å². The topological polar surface area (TPSA) is 131 Å². The smallest absolute Gasteiger partial charge is 0.339 e. The first-order valence-corrected chi connectivity index (χ1v) is 15.7. The summed E-state index contributed by atoms with van der Waals surface area (Å²) in [4.78, 5) is 23.1. The average molecular weight is 734 g/mol. The van der Waals surface area contributed by atoms with Crippen molar-refractivity contribution in [2.45, 2.75) is 20.3 Å². The third kappa shape index (κ3) is 15.8. The molecular weight excluding hydrogens is 716 g/mol. The van der Waals surface area contributed by atoms with E-state index in [0.29, 0.717) is 10.2 Å². The largest absolute Gasteiger partial charge is 0.481 e. The molecule has 0 aliphatic carbocycles. The second kappa shape index (κ2) is 16.2. The third-order valence-corrected chi connectivity index (χ3v) is 5.35. The molecule has 0 fully saturated rings. The molecule has 4 N–H and O–H groups in total. The van der Waals surface area contributed by atoms with Gasteiger partial charge in [0.25, 0.3) is 0 Å². The Hall–Kier alpha value is -0.770. The normalized spacial score (nSPS) is 10.1. The number of carboxylic acid groups (broad SMARTS) is 2. The summed E-state index contributed by atoms with van der Waals surface area (Å²) in [6, 6.07) is 11.5. The molecular formula is C20H18Br2Cl5N2O5P. The highest BCUT2D eigenvalue weighted by Gasteiger charge is 2.08. The van der Waals surface area contributed by atoms with E-state index in [1.807, 2.05) is 44.2 Å². The first-order chi connectivity index (χ1) is 15.9. The number of aromatic nitrogens is 1. The van der Waals surface area contributed by atoms with Gasteiger partial charge in [-0.2, -0.15) is 0 Å². The second-order valence-corrected chi connectivity index (χ2v) is 15.5. The van der Waals surface area contributed by atoms with Crippen molar-refractivity contribution in [2.24, 2.45) is 0 Å². The van der Waals surface area contributed by atoms with Gasteiger partial charge >= 0.3 is 17.1 Å². The molecule has 2 aromatic carbocycles. The zero-order valence-corrected chi connectivity index (χ0v) is 25.8. The molecule has 1 heterocycles. The number of rotatable bonds is 2. The number of nitrogens with two attached hydrogens (primary N) is 1. The molecule has 35 heavy (non-hydrogen) atoms. The minimum absolute atomic E-state index is 0.411. The lowest BCUT2D eigenvalue weighted by atomic mass is 10.1. The van der Waals surface area contributed by atoms with E-state index < -0.39 is 23.6 Å². The molecule has 0 unspecified atom stereocenters. The summed E-state index contributed by atoms with van der Waals surface area (Å²) in [5.41, 5.74) is 9.47. The van der Waals surface area contributed by atoms with Crippen LogP contribution in [0, 0.1) is 13.8 Å². The number of halogens is 7. The fourth-order valence-electron chi connectivity index (χ4n) is 2.19. The van der Waals surface area contributed by atoms with Gasteiger partial charge < -0.3 is 15.9 Å². The molecule has 0 aliphatic heterocycles. The molecule has 0 spiro atoms. The highest BCUT2D eigenvalue weighted by atomic mass is 79.9. The van der Waals surface area contributed by atoms with Gasteiger partial charge in [0.05, 0.1) is 10.5 Å². The molecule has 192 valence electrons. The molecule has 0 saturated heterocycles. The molecule has 15 heteroatoms. The number of hydrogen-bond donors (Lipinski definition) is 3. The summed E-state index contributed by atoms with van der Waals surface area (Å²) in [6.45, 7) is 4.01. The number of carboxylic acids is 2. The van der Waals surface area contributed by atoms with Crippen LogP contribution >= 0.6 is 94.0 Å². The standard InChI is InChI=1S/C10H6BrCl2N.C7H8BrN.C3H4O4.Cl3OP/c1-5-2-3-6(11)10-9(5)7(12)4-8(13)14-10;1-5-2-3-6(8)7(9)4-5;4-2(5)1-3(6)7;1-5(2,3)4/h2-4H,1H3;2-4H,9H2,1H3;1H2,(H,4,5)(H,6,7);. The van der Waals surface area contributed by atoms with E-state index in [1.165, 1.54) is 5.56 Å². The SMILES string of the molecule is Cc1ccc(Br)c(N)c1.Cc1ccc(Br)c2nc(Cl)cc(Cl)c12.O=C(O)CC(=O)O.O=P(Cl)(Cl)Cl. The third-order valence-electron chi connectivity index (χ3n) is 3.49. The van der Waals surface area contributed by atoms with E-state index in [1.54, 1.807) is 6.07 Å². The van der Waals surface area contributed by atoms with Crippen LogP contribution in [0.15, 0.2) is 45.3 Å². The number of aliphatic carboxylic acids is 2. The lowest BCUT2D eigenvalue weighted by molar-refractivity contribution is -0.147. The van der Waals surface area contributed by atoms with Crippen LogP contribution in [0.2, 0.25) is 10.2 Å². The number of nitrogens with zero attached hydrogens (tertiary/aromatic N) is 1. The van der Waals surface area contributed by atoms with Crippen LogP contribution in [0.25, 0.3) is 10.9 Å².